The highest BCUT2D eigenvalue weighted by Crippen LogP contribution is 2.43. The number of hydrogen-bond acceptors (Lipinski definition) is 6. The molecule has 0 spiro atoms. The number of amides is 1. The van der Waals surface area contributed by atoms with Gasteiger partial charge in [-0.25, -0.2) is 9.59 Å². The van der Waals surface area contributed by atoms with Gasteiger partial charge >= 0.3 is 12.1 Å². The zero-order valence-corrected chi connectivity index (χ0v) is 14.1. The number of carbonyl (C=O) groups is 2. The Labute approximate surface area is 139 Å². The van der Waals surface area contributed by atoms with Gasteiger partial charge in [0.05, 0.1) is 24.9 Å². The number of hydrogen-bond donors (Lipinski definition) is 0. The van der Waals surface area contributed by atoms with Crippen LogP contribution < -0.4 is 0 Å². The molecule has 1 saturated heterocycles. The Kier molecular flexibility index (Phi) is 4.84. The van der Waals surface area contributed by atoms with Crippen LogP contribution in [0.1, 0.15) is 13.3 Å². The van der Waals surface area contributed by atoms with Crippen molar-refractivity contribution in [3.05, 3.63) is 23.5 Å². The van der Waals surface area contributed by atoms with Gasteiger partial charge in [-0.15, -0.1) is 0 Å². The second kappa shape index (κ2) is 6.86. The first-order chi connectivity index (χ1) is 11.1. The zero-order valence-electron chi connectivity index (χ0n) is 13.3. The van der Waals surface area contributed by atoms with Crippen LogP contribution in [0.5, 0.6) is 0 Å². The van der Waals surface area contributed by atoms with E-state index in [1.165, 1.54) is 13.4 Å². The number of methoxy groups -OCH3 is 1. The summed E-state index contributed by atoms with van der Waals surface area (Å²) in [4.78, 5) is 25.9. The molecule has 6 nitrogen and oxygen atoms in total. The van der Waals surface area contributed by atoms with Crippen LogP contribution in [0.3, 0.4) is 0 Å². The summed E-state index contributed by atoms with van der Waals surface area (Å²) in [5, 5.41) is 0. The Bertz CT molecular complexity index is 553. The average molecular weight is 339 g/mol. The zero-order chi connectivity index (χ0) is 16.4. The maximum atomic E-state index is 12.3. The van der Waals surface area contributed by atoms with Crippen LogP contribution in [0.2, 0.25) is 0 Å². The van der Waals surface area contributed by atoms with Crippen LogP contribution in [0.15, 0.2) is 23.5 Å². The molecule has 3 unspecified atom stereocenters. The number of nitrogens with zero attached hydrogens (tertiary/aromatic N) is 1. The molecule has 1 aliphatic carbocycles. The lowest BCUT2D eigenvalue weighted by atomic mass is 9.84. The van der Waals surface area contributed by atoms with Crippen molar-refractivity contribution in [3.63, 3.8) is 0 Å². The Morgan fingerprint density at radius 1 is 1.35 bits per heavy atom. The van der Waals surface area contributed by atoms with Crippen molar-refractivity contribution in [1.29, 1.82) is 0 Å². The van der Waals surface area contributed by atoms with Crippen molar-refractivity contribution < 1.29 is 23.8 Å². The second-order valence-corrected chi connectivity index (χ2v) is 7.09. The van der Waals surface area contributed by atoms with Crippen LogP contribution in [0.25, 0.3) is 0 Å². The number of allylic oxidation sites excluding steroid dienone is 1. The van der Waals surface area contributed by atoms with Gasteiger partial charge in [0.1, 0.15) is 0 Å². The van der Waals surface area contributed by atoms with E-state index in [9.17, 15) is 9.59 Å². The van der Waals surface area contributed by atoms with E-state index in [0.717, 1.165) is 23.5 Å². The summed E-state index contributed by atoms with van der Waals surface area (Å²) in [5.41, 5.74) is 1.59. The van der Waals surface area contributed by atoms with Gasteiger partial charge in [0.15, 0.2) is 0 Å². The van der Waals surface area contributed by atoms with Gasteiger partial charge in [-0.05, 0) is 13.3 Å². The number of fused-ring (bicyclic) bond motifs is 1. The molecular formula is C16H21NO5S. The van der Waals surface area contributed by atoms with E-state index in [-0.39, 0.29) is 23.9 Å². The monoisotopic (exact) mass is 339 g/mol. The molecule has 0 radical (unpaired) electrons. The molecule has 3 atom stereocenters. The molecule has 1 amide bonds. The average Bonchev–Trinajstić information content (AvgIpc) is 2.97. The molecule has 126 valence electrons. The summed E-state index contributed by atoms with van der Waals surface area (Å²) >= 11 is 1.83. The van der Waals surface area contributed by atoms with E-state index in [0.29, 0.717) is 18.7 Å². The quantitative estimate of drug-likeness (QED) is 0.567. The van der Waals surface area contributed by atoms with Gasteiger partial charge in [-0.2, -0.15) is 11.8 Å². The second-order valence-electron chi connectivity index (χ2n) is 5.87. The molecule has 0 aromatic heterocycles. The van der Waals surface area contributed by atoms with Crippen molar-refractivity contribution in [2.45, 2.75) is 19.6 Å². The van der Waals surface area contributed by atoms with E-state index < -0.39 is 6.29 Å². The highest BCUT2D eigenvalue weighted by molar-refractivity contribution is 7.99. The minimum atomic E-state index is -0.686. The molecule has 1 fully saturated rings. The van der Waals surface area contributed by atoms with Gasteiger partial charge in [-0.1, -0.05) is 11.6 Å². The number of rotatable bonds is 2. The van der Waals surface area contributed by atoms with Crippen molar-refractivity contribution in [2.24, 2.45) is 11.8 Å². The van der Waals surface area contributed by atoms with Gasteiger partial charge in [-0.3, -0.25) is 0 Å². The Morgan fingerprint density at radius 3 is 2.78 bits per heavy atom. The fourth-order valence-corrected chi connectivity index (χ4v) is 4.19. The van der Waals surface area contributed by atoms with E-state index in [1.807, 2.05) is 18.7 Å². The van der Waals surface area contributed by atoms with Crippen molar-refractivity contribution in [3.8, 4) is 0 Å². The van der Waals surface area contributed by atoms with Crippen LogP contribution in [0.4, 0.5) is 4.79 Å². The third-order valence-electron chi connectivity index (χ3n) is 4.58. The SMILES string of the molecule is COC(=O)C1=COC(OC(=O)N2CCSCC2)C2C(C)=CCC12. The first-order valence-corrected chi connectivity index (χ1v) is 8.91. The Hall–Kier alpha value is -1.63. The number of carbonyl (C=O) groups excluding carboxylic acids is 2. The maximum absolute atomic E-state index is 12.3. The summed E-state index contributed by atoms with van der Waals surface area (Å²) in [6.07, 6.45) is 3.16. The number of esters is 1. The van der Waals surface area contributed by atoms with Crippen LogP contribution in [-0.4, -0.2) is 55.0 Å². The molecule has 7 heteroatoms. The van der Waals surface area contributed by atoms with E-state index >= 15 is 0 Å². The first-order valence-electron chi connectivity index (χ1n) is 7.75. The molecule has 2 aliphatic heterocycles. The maximum Gasteiger partial charge on any atom is 0.412 e. The Balaban J connectivity index is 1.72. The molecule has 0 bridgehead atoms. The van der Waals surface area contributed by atoms with E-state index in [2.05, 4.69) is 6.08 Å². The third-order valence-corrected chi connectivity index (χ3v) is 5.52. The van der Waals surface area contributed by atoms with Crippen LogP contribution >= 0.6 is 11.8 Å². The van der Waals surface area contributed by atoms with Gasteiger partial charge in [0, 0.05) is 30.5 Å². The van der Waals surface area contributed by atoms with Crippen molar-refractivity contribution in [1.82, 2.24) is 4.90 Å². The predicted molar refractivity (Wildman–Crippen MR) is 85.7 cm³/mol. The minimum absolute atomic E-state index is 0.0501. The molecule has 23 heavy (non-hydrogen) atoms. The molecule has 0 aromatic rings. The van der Waals surface area contributed by atoms with Crippen LogP contribution in [-0.2, 0) is 19.0 Å². The van der Waals surface area contributed by atoms with Crippen molar-refractivity contribution in [2.75, 3.05) is 31.7 Å². The lowest BCUT2D eigenvalue weighted by Gasteiger charge is -2.35. The first kappa shape index (κ1) is 16.2. The normalized spacial score (nSPS) is 29.8. The topological polar surface area (TPSA) is 65.1 Å². The summed E-state index contributed by atoms with van der Waals surface area (Å²) in [6, 6.07) is 0. The van der Waals surface area contributed by atoms with Crippen LogP contribution in [0, 0.1) is 11.8 Å². The number of ether oxygens (including phenoxy) is 3. The molecule has 3 aliphatic rings. The lowest BCUT2D eigenvalue weighted by Crippen LogP contribution is -2.44. The minimum Gasteiger partial charge on any atom is -0.466 e. The highest BCUT2D eigenvalue weighted by atomic mass is 32.2. The third kappa shape index (κ3) is 3.20. The molecule has 0 N–H and O–H groups in total. The summed E-state index contributed by atoms with van der Waals surface area (Å²) in [6.45, 7) is 3.37. The Morgan fingerprint density at radius 2 is 2.09 bits per heavy atom. The molecule has 0 aromatic carbocycles. The summed E-state index contributed by atoms with van der Waals surface area (Å²) in [5.74, 6) is 1.29. The highest BCUT2D eigenvalue weighted by Gasteiger charge is 2.45. The van der Waals surface area contributed by atoms with Crippen molar-refractivity contribution >= 4 is 23.8 Å². The lowest BCUT2D eigenvalue weighted by molar-refractivity contribution is -0.142. The smallest absolute Gasteiger partial charge is 0.412 e. The fraction of sp³-hybridized carbons (Fsp3) is 0.625. The largest absolute Gasteiger partial charge is 0.466 e. The fourth-order valence-electron chi connectivity index (χ4n) is 3.29. The standard InChI is InChI=1S/C16H21NO5S/c1-10-3-4-11-12(14(18)20-2)9-21-15(13(10)11)22-16(19)17-5-7-23-8-6-17/h3,9,11,13,15H,4-8H2,1-2H3. The number of thioether (sulfide) groups is 1. The summed E-state index contributed by atoms with van der Waals surface area (Å²) in [7, 11) is 1.36. The molecule has 0 saturated carbocycles. The summed E-state index contributed by atoms with van der Waals surface area (Å²) < 4.78 is 16.0. The molecule has 3 rings (SSSR count). The van der Waals surface area contributed by atoms with Gasteiger partial charge in [0.2, 0.25) is 0 Å². The predicted octanol–water partition coefficient (Wildman–Crippen LogP) is 2.17. The molecular weight excluding hydrogens is 318 g/mol. The molecule has 2 heterocycles. The van der Waals surface area contributed by atoms with Gasteiger partial charge < -0.3 is 19.1 Å². The van der Waals surface area contributed by atoms with Gasteiger partial charge in [0.25, 0.3) is 6.29 Å². The van der Waals surface area contributed by atoms with E-state index in [4.69, 9.17) is 14.2 Å². The van der Waals surface area contributed by atoms with E-state index in [1.54, 1.807) is 4.90 Å².